The van der Waals surface area contributed by atoms with Crippen LogP contribution < -0.4 is 10.1 Å². The highest BCUT2D eigenvalue weighted by molar-refractivity contribution is 6.21. The maximum Gasteiger partial charge on any atom is 0.312 e. The van der Waals surface area contributed by atoms with E-state index in [0.29, 0.717) is 0 Å². The Labute approximate surface area is 290 Å². The van der Waals surface area contributed by atoms with E-state index in [9.17, 15) is 39.9 Å². The van der Waals surface area contributed by atoms with Crippen molar-refractivity contribution in [2.24, 2.45) is 23.7 Å². The summed E-state index contributed by atoms with van der Waals surface area (Å²) < 4.78 is 23.2. The van der Waals surface area contributed by atoms with Crippen LogP contribution in [0, 0.1) is 30.6 Å². The van der Waals surface area contributed by atoms with E-state index < -0.39 is 88.8 Å². The number of hydrogen-bond donors (Lipinski definition) is 6. The molecule has 2 aromatic carbocycles. The molecular weight excluding hydrogens is 650 g/mol. The summed E-state index contributed by atoms with van der Waals surface area (Å²) in [5.74, 6) is -7.99. The molecule has 3 aliphatic rings. The number of allylic oxidation sites excluding steroid dienone is 2. The van der Waals surface area contributed by atoms with Crippen molar-refractivity contribution in [1.29, 1.82) is 0 Å². The van der Waals surface area contributed by atoms with Crippen molar-refractivity contribution in [2.75, 3.05) is 12.4 Å². The molecule has 6 N–H and O–H groups in total. The fraction of sp³-hybridized carbons (Fsp3) is 0.486. The number of Topliss-reactive ketones (excluding diaryl/α,β-unsaturated/α-hetero) is 1. The molecule has 0 aliphatic carbocycles. The number of methoxy groups -OCH3 is 1. The van der Waals surface area contributed by atoms with Gasteiger partial charge in [0.05, 0.1) is 41.2 Å². The maximum atomic E-state index is 13.9. The van der Waals surface area contributed by atoms with Crippen LogP contribution in [0.5, 0.6) is 23.0 Å². The Morgan fingerprint density at radius 2 is 1.60 bits per heavy atom. The summed E-state index contributed by atoms with van der Waals surface area (Å²) in [6.07, 6.45) is 3.62. The second kappa shape index (κ2) is 14.7. The van der Waals surface area contributed by atoms with Gasteiger partial charge >= 0.3 is 11.8 Å². The Morgan fingerprint density at radius 1 is 0.940 bits per heavy atom. The topological polar surface area (TPSA) is 201 Å². The number of ether oxygens (including phenoxy) is 4. The Bertz CT molecular complexity index is 1760. The first-order valence-electron chi connectivity index (χ1n) is 16.4. The average Bonchev–Trinajstić information content (AvgIpc) is 3.33. The van der Waals surface area contributed by atoms with Crippen molar-refractivity contribution in [3.63, 3.8) is 0 Å². The Kier molecular flexibility index (Phi) is 11.2. The summed E-state index contributed by atoms with van der Waals surface area (Å²) in [6.45, 7) is 12.5. The number of phenols is 3. The first-order chi connectivity index (χ1) is 23.4. The minimum absolute atomic E-state index is 0.0709. The number of phenolic OH excluding ortho intramolecular Hbond substituents is 3. The van der Waals surface area contributed by atoms with Crippen molar-refractivity contribution in [2.45, 2.75) is 85.6 Å². The van der Waals surface area contributed by atoms with Crippen LogP contribution in [0.25, 0.3) is 10.8 Å². The molecule has 50 heavy (non-hydrogen) atoms. The summed E-state index contributed by atoms with van der Waals surface area (Å²) in [5.41, 5.74) is -0.0929. The molecule has 3 aliphatic heterocycles. The van der Waals surface area contributed by atoms with Crippen LogP contribution in [0.4, 0.5) is 5.69 Å². The number of fused-ring (bicyclic) bond motifs is 14. The number of rotatable bonds is 2. The van der Waals surface area contributed by atoms with E-state index in [1.54, 1.807) is 39.8 Å². The zero-order valence-corrected chi connectivity index (χ0v) is 29.7. The molecule has 0 radical (unpaired) electrons. The van der Waals surface area contributed by atoms with Gasteiger partial charge in [-0.25, -0.2) is 0 Å². The summed E-state index contributed by atoms with van der Waals surface area (Å²) in [6, 6.07) is 1.06. The van der Waals surface area contributed by atoms with Crippen LogP contribution >= 0.6 is 0 Å². The van der Waals surface area contributed by atoms with Crippen LogP contribution in [0.1, 0.15) is 64.4 Å². The lowest BCUT2D eigenvalue weighted by Crippen LogP contribution is -2.46. The van der Waals surface area contributed by atoms with E-state index in [-0.39, 0.29) is 38.9 Å². The predicted octanol–water partition coefficient (Wildman–Crippen LogP) is 4.75. The number of anilines is 1. The van der Waals surface area contributed by atoms with Crippen molar-refractivity contribution in [3.05, 3.63) is 53.3 Å². The highest BCUT2D eigenvalue weighted by Gasteiger charge is 2.49. The number of carbonyl (C=O) groups excluding carboxylic acids is 3. The van der Waals surface area contributed by atoms with Crippen LogP contribution in [-0.4, -0.2) is 80.5 Å². The highest BCUT2D eigenvalue weighted by atomic mass is 16.7. The van der Waals surface area contributed by atoms with Crippen molar-refractivity contribution >= 4 is 34.1 Å². The molecule has 13 heteroatoms. The quantitative estimate of drug-likeness (QED) is 0.143. The van der Waals surface area contributed by atoms with Gasteiger partial charge in [0.25, 0.3) is 11.7 Å². The number of carbonyl (C=O) groups is 3. The van der Waals surface area contributed by atoms with Gasteiger partial charge in [-0.1, -0.05) is 45.9 Å². The zero-order chi connectivity index (χ0) is 37.4. The smallest absolute Gasteiger partial charge is 0.312 e. The van der Waals surface area contributed by atoms with Crippen LogP contribution in [-0.2, 0) is 23.8 Å². The number of aliphatic hydroxyl groups is 2. The number of amides is 1. The Balaban J connectivity index is 1.87. The normalized spacial score (nSPS) is 33.2. The van der Waals surface area contributed by atoms with E-state index >= 15 is 0 Å². The minimum atomic E-state index is -1.98. The van der Waals surface area contributed by atoms with E-state index in [2.05, 4.69) is 5.32 Å². The number of benzene rings is 2. The van der Waals surface area contributed by atoms with Crippen LogP contribution in [0.3, 0.4) is 0 Å². The molecule has 0 spiro atoms. The Hall–Kier alpha value is -4.59. The van der Waals surface area contributed by atoms with Crippen molar-refractivity contribution in [1.82, 2.24) is 0 Å². The third-order valence-electron chi connectivity index (χ3n) is 9.84. The number of esters is 1. The Morgan fingerprint density at radius 3 is 2.22 bits per heavy atom. The van der Waals surface area contributed by atoms with Crippen LogP contribution in [0.15, 0.2) is 42.2 Å². The minimum Gasteiger partial charge on any atom is -0.507 e. The van der Waals surface area contributed by atoms with Gasteiger partial charge in [-0.15, -0.1) is 0 Å². The number of aliphatic hydroxyl groups excluding tert-OH is 2. The molecule has 0 saturated carbocycles. The third-order valence-corrected chi connectivity index (χ3v) is 9.84. The van der Waals surface area contributed by atoms with Gasteiger partial charge in [0.2, 0.25) is 0 Å². The van der Waals surface area contributed by atoms with Gasteiger partial charge in [0, 0.05) is 67.2 Å². The molecular formula is C37H47NO12. The van der Waals surface area contributed by atoms with Gasteiger partial charge in [-0.05, 0) is 19.9 Å². The van der Waals surface area contributed by atoms with Gasteiger partial charge in [0.1, 0.15) is 23.4 Å². The molecule has 5 bridgehead atoms. The number of nitrogens with one attached hydrogen (secondary N) is 1. The first kappa shape index (κ1) is 38.2. The standard InChI is InChI=1S/C37H47NO12/c1-16-11-10-12-17(2)36(46)38-23-15-24(40)26-27(32(23)44)31(43)21(6)34-28(26)35(45)37(8,50-34)48-14-13-25(47-9)18(3)33(49-22(7)39)20(5)30(42)19(4)29(16)41/h10-16,18-20,25,29-30,33,40-44H,1-9H3,(H,38,46)/b11-10+,14-13+,17-12-/t16-,18+,19-,20-,25+,29-,30-,33-,37-/m0/s1. The lowest BCUT2D eigenvalue weighted by Gasteiger charge is -2.38. The third kappa shape index (κ3) is 7.03. The summed E-state index contributed by atoms with van der Waals surface area (Å²) in [7, 11) is 1.43. The van der Waals surface area contributed by atoms with E-state index in [1.807, 2.05) is 0 Å². The van der Waals surface area contributed by atoms with E-state index in [0.717, 1.165) is 6.07 Å². The number of ketones is 1. The van der Waals surface area contributed by atoms with Crippen LogP contribution in [0.2, 0.25) is 0 Å². The molecule has 2 aromatic rings. The number of aromatic hydroxyl groups is 3. The van der Waals surface area contributed by atoms with E-state index in [1.165, 1.54) is 53.2 Å². The monoisotopic (exact) mass is 697 g/mol. The van der Waals surface area contributed by atoms with Gasteiger partial charge in [-0.2, -0.15) is 0 Å². The molecule has 0 fully saturated rings. The van der Waals surface area contributed by atoms with Gasteiger partial charge in [-0.3, -0.25) is 14.4 Å². The second-order valence-corrected chi connectivity index (χ2v) is 13.4. The average molecular weight is 698 g/mol. The van der Waals surface area contributed by atoms with Gasteiger partial charge in [0.15, 0.2) is 5.75 Å². The molecule has 13 nitrogen and oxygen atoms in total. The summed E-state index contributed by atoms with van der Waals surface area (Å²) in [5, 5.41) is 58.2. The SMILES string of the molecule is CO[C@@H]1/C=C/O[C@@]2(C)Oc3c(C)c(O)c4c(O)c(cc(O)c4c3C2=O)NC(=O)/C(C)=C\C=C\[C@H](C)[C@H](O)[C@H](C)[C@H](O)[C@H](C)[C@@H](OC(C)=O)[C@@H]1C. The molecule has 272 valence electrons. The fourth-order valence-electron chi connectivity index (χ4n) is 6.65. The molecule has 0 aromatic heterocycles. The molecule has 9 atom stereocenters. The second-order valence-electron chi connectivity index (χ2n) is 13.4. The number of hydrogen-bond acceptors (Lipinski definition) is 12. The lowest BCUT2D eigenvalue weighted by atomic mass is 9.78. The predicted molar refractivity (Wildman–Crippen MR) is 184 cm³/mol. The molecule has 5 rings (SSSR count). The molecule has 1 amide bonds. The fourth-order valence-corrected chi connectivity index (χ4v) is 6.65. The van der Waals surface area contributed by atoms with Crippen molar-refractivity contribution < 1.29 is 58.9 Å². The maximum absolute atomic E-state index is 13.9. The largest absolute Gasteiger partial charge is 0.507 e. The van der Waals surface area contributed by atoms with E-state index in [4.69, 9.17) is 18.9 Å². The molecule has 3 heterocycles. The lowest BCUT2D eigenvalue weighted by molar-refractivity contribution is -0.160. The highest BCUT2D eigenvalue weighted by Crippen LogP contribution is 2.53. The molecule has 0 unspecified atom stereocenters. The first-order valence-corrected chi connectivity index (χ1v) is 16.4. The van der Waals surface area contributed by atoms with Crippen molar-refractivity contribution in [3.8, 4) is 23.0 Å². The zero-order valence-electron chi connectivity index (χ0n) is 29.7. The summed E-state index contributed by atoms with van der Waals surface area (Å²) >= 11 is 0. The van der Waals surface area contributed by atoms with Gasteiger partial charge < -0.3 is 49.8 Å². The summed E-state index contributed by atoms with van der Waals surface area (Å²) in [4.78, 5) is 39.2. The molecule has 0 saturated heterocycles.